The van der Waals surface area contributed by atoms with Crippen LogP contribution in [0.1, 0.15) is 76.5 Å². The van der Waals surface area contributed by atoms with Crippen molar-refractivity contribution >= 4 is 5.57 Å². The van der Waals surface area contributed by atoms with Gasteiger partial charge in [0, 0.05) is 5.56 Å². The summed E-state index contributed by atoms with van der Waals surface area (Å²) < 4.78 is 6.06. The SMILES string of the molecule is CCCOc1c(C(C)=CCO)cc(C(C)C)cc1C(C)C. The van der Waals surface area contributed by atoms with Crippen LogP contribution in [0, 0.1) is 0 Å². The minimum atomic E-state index is 0.0575. The van der Waals surface area contributed by atoms with E-state index in [2.05, 4.69) is 46.8 Å². The van der Waals surface area contributed by atoms with Crippen LogP contribution >= 0.6 is 0 Å². The minimum Gasteiger partial charge on any atom is -0.493 e. The average Bonchev–Trinajstić information content (AvgIpc) is 2.44. The molecular formula is C19H30O2. The van der Waals surface area contributed by atoms with Crippen LogP contribution in [0.3, 0.4) is 0 Å². The lowest BCUT2D eigenvalue weighted by molar-refractivity contribution is 0.312. The summed E-state index contributed by atoms with van der Waals surface area (Å²) in [5.41, 5.74) is 4.78. The van der Waals surface area contributed by atoms with E-state index < -0.39 is 0 Å². The molecule has 2 nitrogen and oxygen atoms in total. The Morgan fingerprint density at radius 3 is 2.33 bits per heavy atom. The Morgan fingerprint density at radius 2 is 1.86 bits per heavy atom. The number of ether oxygens (including phenoxy) is 1. The summed E-state index contributed by atoms with van der Waals surface area (Å²) >= 11 is 0. The van der Waals surface area contributed by atoms with Crippen LogP contribution in [0.5, 0.6) is 5.75 Å². The molecule has 0 unspecified atom stereocenters. The Morgan fingerprint density at radius 1 is 1.19 bits per heavy atom. The second-order valence-corrected chi connectivity index (χ2v) is 6.21. The minimum absolute atomic E-state index is 0.0575. The van der Waals surface area contributed by atoms with E-state index in [-0.39, 0.29) is 6.61 Å². The fraction of sp³-hybridized carbons (Fsp3) is 0.579. The lowest BCUT2D eigenvalue weighted by atomic mass is 9.89. The first-order valence-corrected chi connectivity index (χ1v) is 8.00. The van der Waals surface area contributed by atoms with Crippen molar-refractivity contribution in [3.05, 3.63) is 34.9 Å². The quantitative estimate of drug-likeness (QED) is 0.755. The van der Waals surface area contributed by atoms with Crippen LogP contribution in [0.15, 0.2) is 18.2 Å². The molecule has 0 aliphatic heterocycles. The summed E-state index contributed by atoms with van der Waals surface area (Å²) in [6, 6.07) is 4.49. The molecular weight excluding hydrogens is 260 g/mol. The van der Waals surface area contributed by atoms with Crippen molar-refractivity contribution in [3.63, 3.8) is 0 Å². The first kappa shape index (κ1) is 17.8. The number of benzene rings is 1. The molecule has 1 aromatic carbocycles. The highest BCUT2D eigenvalue weighted by atomic mass is 16.5. The highest BCUT2D eigenvalue weighted by Gasteiger charge is 2.17. The molecule has 0 radical (unpaired) electrons. The molecule has 0 saturated heterocycles. The van der Waals surface area contributed by atoms with Crippen molar-refractivity contribution in [2.45, 2.75) is 59.8 Å². The maximum Gasteiger partial charge on any atom is 0.130 e. The van der Waals surface area contributed by atoms with Crippen molar-refractivity contribution in [2.24, 2.45) is 0 Å². The number of allylic oxidation sites excluding steroid dienone is 1. The Balaban J connectivity index is 3.49. The normalized spacial score (nSPS) is 12.3. The van der Waals surface area contributed by atoms with Gasteiger partial charge >= 0.3 is 0 Å². The molecule has 118 valence electrons. The van der Waals surface area contributed by atoms with Gasteiger partial charge in [0.2, 0.25) is 0 Å². The van der Waals surface area contributed by atoms with E-state index in [0.717, 1.165) is 29.9 Å². The number of rotatable bonds is 7. The zero-order valence-corrected chi connectivity index (χ0v) is 14.4. The van der Waals surface area contributed by atoms with Gasteiger partial charge in [0.25, 0.3) is 0 Å². The second-order valence-electron chi connectivity index (χ2n) is 6.21. The van der Waals surface area contributed by atoms with Crippen LogP contribution in [-0.2, 0) is 0 Å². The molecule has 0 saturated carbocycles. The largest absolute Gasteiger partial charge is 0.493 e. The highest BCUT2D eigenvalue weighted by molar-refractivity contribution is 5.72. The molecule has 0 heterocycles. The van der Waals surface area contributed by atoms with Gasteiger partial charge in [-0.25, -0.2) is 0 Å². The summed E-state index contributed by atoms with van der Waals surface area (Å²) in [6.07, 6.45) is 2.84. The zero-order chi connectivity index (χ0) is 16.0. The molecule has 0 fully saturated rings. The Labute approximate surface area is 129 Å². The van der Waals surface area contributed by atoms with E-state index in [1.54, 1.807) is 0 Å². The van der Waals surface area contributed by atoms with Gasteiger partial charge in [0.05, 0.1) is 13.2 Å². The molecule has 1 N–H and O–H groups in total. The van der Waals surface area contributed by atoms with Crippen LogP contribution in [0.4, 0.5) is 0 Å². The van der Waals surface area contributed by atoms with E-state index >= 15 is 0 Å². The second kappa shape index (κ2) is 8.23. The van der Waals surface area contributed by atoms with Crippen molar-refractivity contribution in [3.8, 4) is 5.75 Å². The third-order valence-corrected chi connectivity index (χ3v) is 3.70. The van der Waals surface area contributed by atoms with E-state index in [1.807, 2.05) is 13.0 Å². The molecule has 2 heteroatoms. The highest BCUT2D eigenvalue weighted by Crippen LogP contribution is 2.37. The standard InChI is InChI=1S/C19H30O2/c1-7-10-21-19-17(14(4)5)11-16(13(2)3)12-18(19)15(6)8-9-20/h8,11-14,20H,7,9-10H2,1-6H3. The van der Waals surface area contributed by atoms with Crippen molar-refractivity contribution < 1.29 is 9.84 Å². The third kappa shape index (κ3) is 4.60. The van der Waals surface area contributed by atoms with Gasteiger partial charge in [-0.1, -0.05) is 46.8 Å². The number of aliphatic hydroxyl groups excluding tert-OH is 1. The van der Waals surface area contributed by atoms with E-state index in [0.29, 0.717) is 11.8 Å². The summed E-state index contributed by atoms with van der Waals surface area (Å²) in [6.45, 7) is 13.8. The van der Waals surface area contributed by atoms with Gasteiger partial charge in [0.15, 0.2) is 0 Å². The summed E-state index contributed by atoms with van der Waals surface area (Å²) in [7, 11) is 0. The molecule has 0 aliphatic carbocycles. The van der Waals surface area contributed by atoms with Gasteiger partial charge in [0.1, 0.15) is 5.75 Å². The summed E-state index contributed by atoms with van der Waals surface area (Å²) in [4.78, 5) is 0. The van der Waals surface area contributed by atoms with Crippen LogP contribution < -0.4 is 4.74 Å². The smallest absolute Gasteiger partial charge is 0.130 e. The fourth-order valence-corrected chi connectivity index (χ4v) is 2.34. The van der Waals surface area contributed by atoms with E-state index in [1.165, 1.54) is 11.1 Å². The molecule has 1 aromatic rings. The van der Waals surface area contributed by atoms with E-state index in [9.17, 15) is 5.11 Å². The fourth-order valence-electron chi connectivity index (χ4n) is 2.34. The molecule has 21 heavy (non-hydrogen) atoms. The van der Waals surface area contributed by atoms with Gasteiger partial charge in [-0.15, -0.1) is 0 Å². The number of hydrogen-bond acceptors (Lipinski definition) is 2. The topological polar surface area (TPSA) is 29.5 Å². The maximum atomic E-state index is 9.20. The summed E-state index contributed by atoms with van der Waals surface area (Å²) in [5, 5.41) is 9.20. The predicted octanol–water partition coefficient (Wildman–Crippen LogP) is 5.12. The van der Waals surface area contributed by atoms with Gasteiger partial charge in [-0.05, 0) is 47.9 Å². The molecule has 0 amide bonds. The average molecular weight is 290 g/mol. The first-order valence-electron chi connectivity index (χ1n) is 8.00. The Hall–Kier alpha value is -1.28. The molecule has 0 aliphatic rings. The number of hydrogen-bond donors (Lipinski definition) is 1. The van der Waals surface area contributed by atoms with Crippen molar-refractivity contribution in [1.82, 2.24) is 0 Å². The monoisotopic (exact) mass is 290 g/mol. The molecule has 0 spiro atoms. The van der Waals surface area contributed by atoms with Crippen LogP contribution in [-0.4, -0.2) is 18.3 Å². The van der Waals surface area contributed by atoms with Gasteiger partial charge < -0.3 is 9.84 Å². The first-order chi connectivity index (χ1) is 9.92. The molecule has 0 bridgehead atoms. The van der Waals surface area contributed by atoms with Crippen molar-refractivity contribution in [1.29, 1.82) is 0 Å². The Bertz CT molecular complexity index is 485. The maximum absolute atomic E-state index is 9.20. The molecule has 0 atom stereocenters. The lowest BCUT2D eigenvalue weighted by Crippen LogP contribution is -2.05. The third-order valence-electron chi connectivity index (χ3n) is 3.70. The Kier molecular flexibility index (Phi) is 6.97. The van der Waals surface area contributed by atoms with Crippen LogP contribution in [0.2, 0.25) is 0 Å². The lowest BCUT2D eigenvalue weighted by Gasteiger charge is -2.21. The number of aliphatic hydroxyl groups is 1. The van der Waals surface area contributed by atoms with Crippen LogP contribution in [0.25, 0.3) is 5.57 Å². The van der Waals surface area contributed by atoms with Gasteiger partial charge in [-0.2, -0.15) is 0 Å². The van der Waals surface area contributed by atoms with Gasteiger partial charge in [-0.3, -0.25) is 0 Å². The zero-order valence-electron chi connectivity index (χ0n) is 14.4. The molecule has 0 aromatic heterocycles. The van der Waals surface area contributed by atoms with Crippen molar-refractivity contribution in [2.75, 3.05) is 13.2 Å². The predicted molar refractivity (Wildman–Crippen MR) is 91.1 cm³/mol. The van der Waals surface area contributed by atoms with E-state index in [4.69, 9.17) is 4.74 Å². The molecule has 1 rings (SSSR count). The summed E-state index contributed by atoms with van der Waals surface area (Å²) in [5.74, 6) is 1.87.